The molecule has 4 heteroatoms. The number of rotatable bonds is 1. The Kier molecular flexibility index (Phi) is 3.84. The number of hydrogen-bond donors (Lipinski definition) is 1. The minimum absolute atomic E-state index is 0.191. The molecule has 4 nitrogen and oxygen atoms in total. The van der Waals surface area contributed by atoms with Crippen molar-refractivity contribution in [2.75, 3.05) is 33.2 Å². The van der Waals surface area contributed by atoms with E-state index in [4.69, 9.17) is 4.74 Å². The standard InChI is InChI=1S/C17H26N2O2/c1-17(2)12-15(19-8-4-7-18(3)9-10-19)14-6-5-13(20)11-16(14)21-17/h5-6,11,15,20H,4,7-10,12H2,1-3H3. The van der Waals surface area contributed by atoms with Crippen molar-refractivity contribution in [3.63, 3.8) is 0 Å². The van der Waals surface area contributed by atoms with Gasteiger partial charge >= 0.3 is 0 Å². The molecular weight excluding hydrogens is 264 g/mol. The van der Waals surface area contributed by atoms with Crippen LogP contribution in [0.5, 0.6) is 11.5 Å². The molecule has 1 N–H and O–H groups in total. The molecule has 1 aromatic rings. The number of hydrogen-bond acceptors (Lipinski definition) is 4. The molecule has 0 amide bonds. The van der Waals surface area contributed by atoms with Crippen molar-refractivity contribution in [1.29, 1.82) is 0 Å². The Morgan fingerprint density at radius 1 is 1.19 bits per heavy atom. The first kappa shape index (κ1) is 14.7. The lowest BCUT2D eigenvalue weighted by atomic mass is 9.88. The average molecular weight is 290 g/mol. The van der Waals surface area contributed by atoms with Crippen LogP contribution < -0.4 is 4.74 Å². The van der Waals surface area contributed by atoms with E-state index in [-0.39, 0.29) is 11.4 Å². The van der Waals surface area contributed by atoms with E-state index in [1.54, 1.807) is 12.1 Å². The van der Waals surface area contributed by atoms with Gasteiger partial charge < -0.3 is 14.7 Å². The number of aromatic hydroxyl groups is 1. The fourth-order valence-electron chi connectivity index (χ4n) is 3.51. The molecule has 1 unspecified atom stereocenters. The van der Waals surface area contributed by atoms with Gasteiger partial charge in [0.25, 0.3) is 0 Å². The Bertz CT molecular complexity index is 516. The number of likely N-dealkylation sites (N-methyl/N-ethyl adjacent to an activating group) is 1. The summed E-state index contributed by atoms with van der Waals surface area (Å²) in [4.78, 5) is 4.99. The smallest absolute Gasteiger partial charge is 0.128 e. The highest BCUT2D eigenvalue weighted by molar-refractivity contribution is 5.44. The second-order valence-electron chi connectivity index (χ2n) is 7.00. The maximum absolute atomic E-state index is 9.73. The number of fused-ring (bicyclic) bond motifs is 1. The van der Waals surface area contributed by atoms with Gasteiger partial charge in [-0.2, -0.15) is 0 Å². The van der Waals surface area contributed by atoms with E-state index in [9.17, 15) is 5.11 Å². The second kappa shape index (κ2) is 5.50. The van der Waals surface area contributed by atoms with Crippen molar-refractivity contribution < 1.29 is 9.84 Å². The maximum atomic E-state index is 9.73. The molecular formula is C17H26N2O2. The van der Waals surface area contributed by atoms with Crippen LogP contribution in [0.15, 0.2) is 18.2 Å². The van der Waals surface area contributed by atoms with Crippen LogP contribution in [0.2, 0.25) is 0 Å². The summed E-state index contributed by atoms with van der Waals surface area (Å²) >= 11 is 0. The lowest BCUT2D eigenvalue weighted by Crippen LogP contribution is -2.42. The highest BCUT2D eigenvalue weighted by Crippen LogP contribution is 2.43. The fraction of sp³-hybridized carbons (Fsp3) is 0.647. The lowest BCUT2D eigenvalue weighted by molar-refractivity contribution is 0.0307. The Morgan fingerprint density at radius 2 is 2.00 bits per heavy atom. The fourth-order valence-corrected chi connectivity index (χ4v) is 3.51. The summed E-state index contributed by atoms with van der Waals surface area (Å²) in [5.41, 5.74) is 1.03. The van der Waals surface area contributed by atoms with E-state index in [0.29, 0.717) is 6.04 Å². The van der Waals surface area contributed by atoms with Gasteiger partial charge in [0, 0.05) is 43.7 Å². The zero-order valence-electron chi connectivity index (χ0n) is 13.3. The predicted octanol–water partition coefficient (Wildman–Crippen LogP) is 2.63. The normalized spacial score (nSPS) is 26.7. The van der Waals surface area contributed by atoms with Gasteiger partial charge in [0.05, 0.1) is 0 Å². The molecule has 21 heavy (non-hydrogen) atoms. The molecule has 3 rings (SSSR count). The second-order valence-corrected chi connectivity index (χ2v) is 7.00. The molecule has 1 fully saturated rings. The van der Waals surface area contributed by atoms with Crippen molar-refractivity contribution >= 4 is 0 Å². The van der Waals surface area contributed by atoms with E-state index in [1.807, 2.05) is 6.07 Å². The van der Waals surface area contributed by atoms with Crippen molar-refractivity contribution in [1.82, 2.24) is 9.80 Å². The van der Waals surface area contributed by atoms with Gasteiger partial charge in [0.1, 0.15) is 17.1 Å². The minimum atomic E-state index is -0.191. The summed E-state index contributed by atoms with van der Waals surface area (Å²) in [6, 6.07) is 5.94. The van der Waals surface area contributed by atoms with E-state index >= 15 is 0 Å². The summed E-state index contributed by atoms with van der Waals surface area (Å²) in [5.74, 6) is 1.12. The van der Waals surface area contributed by atoms with Crippen molar-refractivity contribution in [3.05, 3.63) is 23.8 Å². The molecule has 1 atom stereocenters. The van der Waals surface area contributed by atoms with Crippen LogP contribution in [-0.4, -0.2) is 53.7 Å². The summed E-state index contributed by atoms with van der Waals surface area (Å²) in [7, 11) is 2.20. The van der Waals surface area contributed by atoms with Crippen molar-refractivity contribution in [2.24, 2.45) is 0 Å². The highest BCUT2D eigenvalue weighted by Gasteiger charge is 2.37. The molecule has 2 aliphatic rings. The zero-order valence-corrected chi connectivity index (χ0v) is 13.3. The van der Waals surface area contributed by atoms with Gasteiger partial charge in [-0.15, -0.1) is 0 Å². The highest BCUT2D eigenvalue weighted by atomic mass is 16.5. The van der Waals surface area contributed by atoms with E-state index < -0.39 is 0 Å². The number of benzene rings is 1. The van der Waals surface area contributed by atoms with Crippen molar-refractivity contribution in [2.45, 2.75) is 38.3 Å². The van der Waals surface area contributed by atoms with E-state index in [1.165, 1.54) is 18.5 Å². The van der Waals surface area contributed by atoms with Crippen molar-refractivity contribution in [3.8, 4) is 11.5 Å². The monoisotopic (exact) mass is 290 g/mol. The van der Waals surface area contributed by atoms with Gasteiger partial charge in [0.15, 0.2) is 0 Å². The Labute approximate surface area is 127 Å². The van der Waals surface area contributed by atoms with Gasteiger partial charge in [-0.3, -0.25) is 4.90 Å². The minimum Gasteiger partial charge on any atom is -0.508 e. The molecule has 0 saturated carbocycles. The lowest BCUT2D eigenvalue weighted by Gasteiger charge is -2.42. The number of phenols is 1. The average Bonchev–Trinajstić information content (AvgIpc) is 2.61. The first-order valence-electron chi connectivity index (χ1n) is 7.89. The van der Waals surface area contributed by atoms with Crippen LogP contribution in [0.1, 0.15) is 38.3 Å². The summed E-state index contributed by atoms with van der Waals surface area (Å²) < 4.78 is 6.08. The molecule has 0 radical (unpaired) electrons. The summed E-state index contributed by atoms with van der Waals surface area (Å²) in [5, 5.41) is 9.73. The number of nitrogens with zero attached hydrogens (tertiary/aromatic N) is 2. The summed E-state index contributed by atoms with van der Waals surface area (Å²) in [6.07, 6.45) is 2.20. The van der Waals surface area contributed by atoms with Crippen LogP contribution in [-0.2, 0) is 0 Å². The van der Waals surface area contributed by atoms with E-state index in [2.05, 4.69) is 30.7 Å². The third-order valence-corrected chi connectivity index (χ3v) is 4.62. The Morgan fingerprint density at radius 3 is 2.81 bits per heavy atom. The van der Waals surface area contributed by atoms with Gasteiger partial charge in [-0.25, -0.2) is 0 Å². The third-order valence-electron chi connectivity index (χ3n) is 4.62. The number of ether oxygens (including phenoxy) is 1. The topological polar surface area (TPSA) is 35.9 Å². The predicted molar refractivity (Wildman–Crippen MR) is 83.9 cm³/mol. The van der Waals surface area contributed by atoms with Crippen LogP contribution in [0, 0.1) is 0 Å². The van der Waals surface area contributed by atoms with Crippen LogP contribution in [0.25, 0.3) is 0 Å². The maximum Gasteiger partial charge on any atom is 0.128 e. The zero-order chi connectivity index (χ0) is 15.0. The van der Waals surface area contributed by atoms with Crippen LogP contribution >= 0.6 is 0 Å². The molecule has 2 aliphatic heterocycles. The Balaban J connectivity index is 1.91. The molecule has 2 heterocycles. The summed E-state index contributed by atoms with van der Waals surface area (Å²) in [6.45, 7) is 8.79. The Hall–Kier alpha value is -1.26. The quantitative estimate of drug-likeness (QED) is 0.862. The molecule has 0 spiro atoms. The first-order chi connectivity index (χ1) is 9.94. The molecule has 0 aliphatic carbocycles. The van der Waals surface area contributed by atoms with Gasteiger partial charge in [0.2, 0.25) is 0 Å². The molecule has 1 aromatic carbocycles. The first-order valence-corrected chi connectivity index (χ1v) is 7.89. The molecule has 1 saturated heterocycles. The molecule has 116 valence electrons. The third kappa shape index (κ3) is 3.16. The SMILES string of the molecule is CN1CCCN(C2CC(C)(C)Oc3cc(O)ccc32)CC1. The van der Waals surface area contributed by atoms with Gasteiger partial charge in [-0.05, 0) is 39.9 Å². The number of phenolic OH excluding ortho intramolecular Hbond substituents is 1. The van der Waals surface area contributed by atoms with Gasteiger partial charge in [-0.1, -0.05) is 6.07 Å². The largest absolute Gasteiger partial charge is 0.508 e. The molecule has 0 bridgehead atoms. The van der Waals surface area contributed by atoms with Crippen LogP contribution in [0.4, 0.5) is 0 Å². The molecule has 0 aromatic heterocycles. The van der Waals surface area contributed by atoms with E-state index in [0.717, 1.165) is 31.8 Å². The van der Waals surface area contributed by atoms with Crippen LogP contribution in [0.3, 0.4) is 0 Å².